The van der Waals surface area contributed by atoms with E-state index in [1.54, 1.807) is 47.9 Å². The standard InChI is InChI=1S/C27H24F3N3O4/c1-16(17-9-11-18(12-10-17)26(36)37)31-25(35)24-23(21-7-2-3-8-22(21)33(24)13-14-34)32-20-6-4-5-19(15-20)27(28,29)30/h2-12,15-16,32,34H,13-14H2,1H3,(H,31,35)(H,36,37). The molecule has 1 amide bonds. The predicted molar refractivity (Wildman–Crippen MR) is 133 cm³/mol. The number of hydrogen-bond donors (Lipinski definition) is 4. The van der Waals surface area contributed by atoms with Crippen molar-refractivity contribution in [3.05, 3.63) is 95.2 Å². The van der Waals surface area contributed by atoms with Crippen LogP contribution in [0, 0.1) is 0 Å². The van der Waals surface area contributed by atoms with Crippen LogP contribution in [0.2, 0.25) is 0 Å². The molecule has 1 aromatic heterocycles. The lowest BCUT2D eigenvalue weighted by Gasteiger charge is -2.18. The van der Waals surface area contributed by atoms with Gasteiger partial charge in [-0.15, -0.1) is 0 Å². The van der Waals surface area contributed by atoms with Crippen molar-refractivity contribution in [3.8, 4) is 0 Å². The van der Waals surface area contributed by atoms with Crippen molar-refractivity contribution >= 4 is 34.2 Å². The SMILES string of the molecule is CC(NC(=O)c1c(Nc2cccc(C(F)(F)F)c2)c2ccccc2n1CCO)c1ccc(C(=O)O)cc1. The molecule has 1 unspecified atom stereocenters. The van der Waals surface area contributed by atoms with Crippen LogP contribution in [0.5, 0.6) is 0 Å². The fraction of sp³-hybridized carbons (Fsp3) is 0.185. The molecule has 0 bridgehead atoms. The predicted octanol–water partition coefficient (Wildman–Crippen LogP) is 5.59. The minimum absolute atomic E-state index is 0.0786. The zero-order valence-corrected chi connectivity index (χ0v) is 19.7. The smallest absolute Gasteiger partial charge is 0.416 e. The number of nitrogens with zero attached hydrogens (tertiary/aromatic N) is 1. The largest absolute Gasteiger partial charge is 0.478 e. The van der Waals surface area contributed by atoms with Gasteiger partial charge in [-0.1, -0.05) is 36.4 Å². The molecule has 4 N–H and O–H groups in total. The van der Waals surface area contributed by atoms with Crippen molar-refractivity contribution in [3.63, 3.8) is 0 Å². The maximum absolute atomic E-state index is 13.6. The molecule has 0 fully saturated rings. The molecule has 4 rings (SSSR count). The number of aliphatic hydroxyl groups excluding tert-OH is 1. The summed E-state index contributed by atoms with van der Waals surface area (Å²) in [6.45, 7) is 1.54. The van der Waals surface area contributed by atoms with E-state index in [1.165, 1.54) is 24.3 Å². The van der Waals surface area contributed by atoms with Gasteiger partial charge in [0.05, 0.1) is 35.0 Å². The van der Waals surface area contributed by atoms with Crippen LogP contribution >= 0.6 is 0 Å². The van der Waals surface area contributed by atoms with Crippen molar-refractivity contribution in [1.82, 2.24) is 9.88 Å². The number of fused-ring (bicyclic) bond motifs is 1. The minimum Gasteiger partial charge on any atom is -0.478 e. The lowest BCUT2D eigenvalue weighted by atomic mass is 10.1. The molecule has 1 heterocycles. The molecule has 10 heteroatoms. The highest BCUT2D eigenvalue weighted by Crippen LogP contribution is 2.36. The number of aromatic nitrogens is 1. The van der Waals surface area contributed by atoms with E-state index in [0.29, 0.717) is 22.2 Å². The Labute approximate surface area is 210 Å². The van der Waals surface area contributed by atoms with E-state index in [0.717, 1.165) is 12.1 Å². The molecule has 0 aliphatic carbocycles. The molecule has 0 radical (unpaired) electrons. The Morgan fingerprint density at radius 3 is 2.35 bits per heavy atom. The van der Waals surface area contributed by atoms with Gasteiger partial charge in [-0.3, -0.25) is 4.79 Å². The molecule has 7 nitrogen and oxygen atoms in total. The summed E-state index contributed by atoms with van der Waals surface area (Å²) < 4.78 is 41.5. The third-order valence-corrected chi connectivity index (χ3v) is 5.97. The first-order valence-electron chi connectivity index (χ1n) is 11.4. The number of anilines is 2. The summed E-state index contributed by atoms with van der Waals surface area (Å²) in [4.78, 5) is 24.7. The van der Waals surface area contributed by atoms with Crippen molar-refractivity contribution in [2.45, 2.75) is 25.7 Å². The molecule has 3 aromatic carbocycles. The zero-order chi connectivity index (χ0) is 26.7. The van der Waals surface area contributed by atoms with E-state index in [2.05, 4.69) is 10.6 Å². The van der Waals surface area contributed by atoms with Gasteiger partial charge in [0.25, 0.3) is 5.91 Å². The summed E-state index contributed by atoms with van der Waals surface area (Å²) in [6, 6.07) is 17.2. The molecule has 0 saturated carbocycles. The summed E-state index contributed by atoms with van der Waals surface area (Å²) in [5, 5.41) is 25.3. The number of carboxylic acid groups (broad SMARTS) is 1. The van der Waals surface area contributed by atoms with Crippen LogP contribution in [-0.2, 0) is 12.7 Å². The first-order chi connectivity index (χ1) is 17.6. The molecule has 192 valence electrons. The number of aromatic carboxylic acids is 1. The van der Waals surface area contributed by atoms with Crippen molar-refractivity contribution in [2.24, 2.45) is 0 Å². The number of carbonyl (C=O) groups excluding carboxylic acids is 1. The Hall–Kier alpha value is -4.31. The highest BCUT2D eigenvalue weighted by molar-refractivity contribution is 6.10. The van der Waals surface area contributed by atoms with Crippen LogP contribution in [0.4, 0.5) is 24.5 Å². The van der Waals surface area contributed by atoms with Gasteiger partial charge in [-0.25, -0.2) is 4.79 Å². The van der Waals surface area contributed by atoms with Crippen LogP contribution in [-0.4, -0.2) is 33.3 Å². The van der Waals surface area contributed by atoms with Gasteiger partial charge in [-0.2, -0.15) is 13.2 Å². The lowest BCUT2D eigenvalue weighted by Crippen LogP contribution is -2.29. The average Bonchev–Trinajstić information content (AvgIpc) is 3.17. The monoisotopic (exact) mass is 511 g/mol. The Morgan fingerprint density at radius 1 is 1.00 bits per heavy atom. The zero-order valence-electron chi connectivity index (χ0n) is 19.7. The van der Waals surface area contributed by atoms with Gasteiger partial charge in [0.15, 0.2) is 0 Å². The third kappa shape index (κ3) is 5.44. The van der Waals surface area contributed by atoms with E-state index >= 15 is 0 Å². The van der Waals surface area contributed by atoms with E-state index in [4.69, 9.17) is 5.11 Å². The van der Waals surface area contributed by atoms with Gasteiger partial charge in [0.1, 0.15) is 5.69 Å². The second-order valence-electron chi connectivity index (χ2n) is 8.44. The van der Waals surface area contributed by atoms with E-state index in [1.807, 2.05) is 0 Å². The quantitative estimate of drug-likeness (QED) is 0.247. The van der Waals surface area contributed by atoms with Gasteiger partial charge in [0, 0.05) is 17.6 Å². The maximum atomic E-state index is 13.6. The van der Waals surface area contributed by atoms with Gasteiger partial charge >= 0.3 is 12.1 Å². The Kier molecular flexibility index (Phi) is 7.21. The summed E-state index contributed by atoms with van der Waals surface area (Å²) in [5.74, 6) is -1.59. The molecular weight excluding hydrogens is 487 g/mol. The van der Waals surface area contributed by atoms with E-state index in [-0.39, 0.29) is 30.1 Å². The van der Waals surface area contributed by atoms with Gasteiger partial charge in [-0.05, 0) is 48.9 Å². The summed E-state index contributed by atoms with van der Waals surface area (Å²) in [6.07, 6.45) is -4.53. The normalized spacial score (nSPS) is 12.4. The number of carbonyl (C=O) groups is 2. The van der Waals surface area contributed by atoms with Crippen molar-refractivity contribution < 1.29 is 33.0 Å². The number of hydrogen-bond acceptors (Lipinski definition) is 4. The molecule has 0 spiro atoms. The van der Waals surface area contributed by atoms with Crippen molar-refractivity contribution in [2.75, 3.05) is 11.9 Å². The lowest BCUT2D eigenvalue weighted by molar-refractivity contribution is -0.137. The maximum Gasteiger partial charge on any atom is 0.416 e. The minimum atomic E-state index is -4.53. The van der Waals surface area contributed by atoms with Crippen LogP contribution in [0.3, 0.4) is 0 Å². The molecule has 0 aliphatic heterocycles. The van der Waals surface area contributed by atoms with Crippen LogP contribution in [0.15, 0.2) is 72.8 Å². The number of carboxylic acids is 1. The molecule has 37 heavy (non-hydrogen) atoms. The van der Waals surface area contributed by atoms with Gasteiger partial charge < -0.3 is 25.4 Å². The first-order valence-corrected chi connectivity index (χ1v) is 11.4. The average molecular weight is 512 g/mol. The third-order valence-electron chi connectivity index (χ3n) is 5.97. The summed E-state index contributed by atoms with van der Waals surface area (Å²) in [5.41, 5.74) is 1.15. The van der Waals surface area contributed by atoms with Crippen LogP contribution in [0.25, 0.3) is 10.9 Å². The second-order valence-corrected chi connectivity index (χ2v) is 8.44. The number of aliphatic hydroxyl groups is 1. The topological polar surface area (TPSA) is 104 Å². The summed E-state index contributed by atoms with van der Waals surface area (Å²) >= 11 is 0. The van der Waals surface area contributed by atoms with E-state index in [9.17, 15) is 27.9 Å². The number of para-hydroxylation sites is 1. The highest BCUT2D eigenvalue weighted by atomic mass is 19.4. The van der Waals surface area contributed by atoms with Crippen LogP contribution < -0.4 is 10.6 Å². The van der Waals surface area contributed by atoms with Gasteiger partial charge in [0.2, 0.25) is 0 Å². The first kappa shape index (κ1) is 25.8. The number of halogens is 3. The Morgan fingerprint density at radius 2 is 1.70 bits per heavy atom. The highest BCUT2D eigenvalue weighted by Gasteiger charge is 2.31. The number of alkyl halides is 3. The van der Waals surface area contributed by atoms with Crippen LogP contribution in [0.1, 0.15) is 44.9 Å². The fourth-order valence-corrected chi connectivity index (χ4v) is 4.18. The molecular formula is C27H24F3N3O4. The molecule has 0 aliphatic rings. The van der Waals surface area contributed by atoms with Crippen molar-refractivity contribution in [1.29, 1.82) is 0 Å². The molecule has 4 aromatic rings. The number of amides is 1. The Bertz CT molecular complexity index is 1450. The molecule has 0 saturated heterocycles. The summed E-state index contributed by atoms with van der Waals surface area (Å²) in [7, 11) is 0. The Balaban J connectivity index is 1.75. The fourth-order valence-electron chi connectivity index (χ4n) is 4.18. The molecule has 1 atom stereocenters. The second kappa shape index (κ2) is 10.4. The van der Waals surface area contributed by atoms with E-state index < -0.39 is 29.7 Å². The number of benzene rings is 3. The number of nitrogens with one attached hydrogen (secondary N) is 2. The number of rotatable bonds is 8.